The molecule has 8 heterocycles. The first kappa shape index (κ1) is 113. The lowest BCUT2D eigenvalue weighted by Gasteiger charge is -2.45. The fourth-order valence-corrected chi connectivity index (χ4v) is 23.7. The lowest BCUT2D eigenvalue weighted by Crippen LogP contribution is -2.56. The van der Waals surface area contributed by atoms with E-state index in [2.05, 4.69) is 29.1 Å². The highest BCUT2D eigenvalue weighted by atomic mass is 35.5. The minimum atomic E-state index is -0.455. The van der Waals surface area contributed by atoms with Crippen LogP contribution in [0.25, 0.3) is 0 Å². The van der Waals surface area contributed by atoms with Crippen LogP contribution >= 0.6 is 165 Å². The standard InChI is InChI=1S/C17H16ClNO2S.C14H18ClNO2S.C13H15NO4S.C12H14ClNO2S.3C11H12ClNO2S.C10H10ClNO2/c1-21-16-15(13-9-5-6-10-14(13)18)19(17(16)20)22-11-12-7-3-2-4-8-12;1-3-4-9-19-16-12(13(18-2)14(16)17)10-7-5-6-8-11(10)15;1-17-11-10(14(19-3)12(11)15)8-4-6-9(7-5-8)13(16)18-2;1-3-17-14-10(11(16-2)12(14)15)8-6-4-5-7-9(8)13;1-15-10-9(13(16-2)11(10)14)7-3-5-8(12)6-4-7;1-15-10-9(13(16-2)11(10)14)7-4-3-5-8(12)6-7;1-15-10-9(13(16-2)11(10)14)7-5-3-4-6-8(7)12;1-14-9-8(12-10(9)13)6-4-2-3-5-7(6)11/h2-10,15-16H,11H2,1H3;5-8,12-13H,3-4,9H2,1-2H3;4-7,10-11H,1-3H3;4-7,10-11H,3H2,1-2H3;3*3-6,9-10H,1-2H3;2-5,8-9H,1H3,(H,12,13). The molecule has 8 fully saturated rings. The van der Waals surface area contributed by atoms with Crippen LogP contribution in [0.1, 0.15) is 135 Å². The summed E-state index contributed by atoms with van der Waals surface area (Å²) in [7, 11) is 13.7. The maximum atomic E-state index is 12.2. The Bertz CT molecular complexity index is 5580. The molecule has 1 N–H and O–H groups in total. The molecule has 139 heavy (non-hydrogen) atoms. The Morgan fingerprint density at radius 3 is 0.957 bits per heavy atom. The maximum Gasteiger partial charge on any atom is 0.337 e. The van der Waals surface area contributed by atoms with Crippen molar-refractivity contribution in [3.05, 3.63) is 315 Å². The largest absolute Gasteiger partial charge is 0.465 e. The molecule has 40 heteroatoms. The van der Waals surface area contributed by atoms with E-state index in [1.54, 1.807) is 103 Å². The molecule has 0 saturated carbocycles. The number of methoxy groups -OCH3 is 9. The van der Waals surface area contributed by atoms with Crippen molar-refractivity contribution in [1.82, 2.24) is 35.5 Å². The number of benzene rings is 9. The average molecular weight is 2170 g/mol. The third-order valence-electron chi connectivity index (χ3n) is 23.1. The second kappa shape index (κ2) is 55.4. The third-order valence-corrected chi connectivity index (χ3v) is 31.8. The molecular weight excluding hydrogens is 2060 g/mol. The molecular formula is C99H109Cl7N8O18S7. The Kier molecular flexibility index (Phi) is 45.2. The van der Waals surface area contributed by atoms with Crippen molar-refractivity contribution in [1.29, 1.82) is 0 Å². The van der Waals surface area contributed by atoms with Gasteiger partial charge in [-0.1, -0.05) is 307 Å². The van der Waals surface area contributed by atoms with E-state index in [1.165, 1.54) is 98.6 Å². The van der Waals surface area contributed by atoms with Gasteiger partial charge in [0.1, 0.15) is 42.3 Å². The van der Waals surface area contributed by atoms with Gasteiger partial charge >= 0.3 is 5.97 Å². The monoisotopic (exact) mass is 2170 g/mol. The molecule has 0 radical (unpaired) electrons. The molecule has 17 rings (SSSR count). The summed E-state index contributed by atoms with van der Waals surface area (Å²) in [5.74, 6) is 2.13. The van der Waals surface area contributed by atoms with Gasteiger partial charge in [-0.3, -0.25) is 68.5 Å². The molecule has 8 amide bonds. The van der Waals surface area contributed by atoms with Crippen molar-refractivity contribution < 1.29 is 85.8 Å². The van der Waals surface area contributed by atoms with Gasteiger partial charge in [-0.15, -0.1) is 0 Å². The Morgan fingerprint density at radius 1 is 0.317 bits per heavy atom. The van der Waals surface area contributed by atoms with Gasteiger partial charge in [-0.05, 0) is 159 Å². The van der Waals surface area contributed by atoms with Gasteiger partial charge in [0.2, 0.25) is 0 Å². The van der Waals surface area contributed by atoms with Crippen molar-refractivity contribution in [2.45, 2.75) is 130 Å². The number of β-lactam (4-membered cyclic amide) rings is 8. The summed E-state index contributed by atoms with van der Waals surface area (Å²) in [6.07, 6.45) is 6.41. The van der Waals surface area contributed by atoms with E-state index >= 15 is 0 Å². The predicted molar refractivity (Wildman–Crippen MR) is 560 cm³/mol. The molecule has 16 unspecified atom stereocenters. The maximum absolute atomic E-state index is 12.2. The lowest BCUT2D eigenvalue weighted by molar-refractivity contribution is -0.158. The summed E-state index contributed by atoms with van der Waals surface area (Å²) < 4.78 is 58.4. The van der Waals surface area contributed by atoms with Gasteiger partial charge in [0.25, 0.3) is 47.3 Å². The summed E-state index contributed by atoms with van der Waals surface area (Å²) in [6, 6.07) is 69.2. The first-order valence-corrected chi connectivity index (χ1v) is 53.6. The minimum Gasteiger partial charge on any atom is -0.465 e. The lowest BCUT2D eigenvalue weighted by atomic mass is 9.93. The van der Waals surface area contributed by atoms with Crippen LogP contribution in [0.4, 0.5) is 0 Å². The average Bonchev–Trinajstić information content (AvgIpc) is 0.787. The van der Waals surface area contributed by atoms with Crippen LogP contribution in [0.3, 0.4) is 0 Å². The van der Waals surface area contributed by atoms with Crippen LogP contribution in [0.15, 0.2) is 224 Å². The first-order chi connectivity index (χ1) is 67.1. The van der Waals surface area contributed by atoms with Gasteiger partial charge in [0, 0.05) is 134 Å². The van der Waals surface area contributed by atoms with Gasteiger partial charge in [-0.25, -0.2) is 4.79 Å². The molecule has 0 spiro atoms. The molecule has 0 aliphatic carbocycles. The van der Waals surface area contributed by atoms with Gasteiger partial charge in [-0.2, -0.15) is 0 Å². The van der Waals surface area contributed by atoms with Crippen LogP contribution < -0.4 is 5.32 Å². The summed E-state index contributed by atoms with van der Waals surface area (Å²) in [5.41, 5.74) is 9.33. The molecule has 0 bridgehead atoms. The van der Waals surface area contributed by atoms with E-state index in [1.807, 2.05) is 226 Å². The number of unbranched alkanes of at least 4 members (excludes halogenated alkanes) is 1. The predicted octanol–water partition coefficient (Wildman–Crippen LogP) is 21.4. The Hall–Kier alpha value is -7.63. The fourth-order valence-electron chi connectivity index (χ4n) is 15.9. The number of nitrogens with zero attached hydrogens (tertiary/aromatic N) is 7. The van der Waals surface area contributed by atoms with Crippen LogP contribution in [0.2, 0.25) is 35.2 Å². The first-order valence-electron chi connectivity index (χ1n) is 43.4. The van der Waals surface area contributed by atoms with Crippen molar-refractivity contribution >= 4 is 218 Å². The van der Waals surface area contributed by atoms with E-state index in [-0.39, 0.29) is 114 Å². The van der Waals surface area contributed by atoms with Crippen molar-refractivity contribution in [2.24, 2.45) is 0 Å². The topological polar surface area (TPSA) is 271 Å². The van der Waals surface area contributed by atoms with Crippen LogP contribution in [0, 0.1) is 0 Å². The van der Waals surface area contributed by atoms with Crippen molar-refractivity contribution in [3.8, 4) is 0 Å². The van der Waals surface area contributed by atoms with Gasteiger partial charge < -0.3 is 47.9 Å². The zero-order valence-corrected chi connectivity index (χ0v) is 89.6. The van der Waals surface area contributed by atoms with E-state index in [9.17, 15) is 43.2 Å². The second-order valence-electron chi connectivity index (χ2n) is 30.9. The molecule has 744 valence electrons. The highest BCUT2D eigenvalue weighted by Gasteiger charge is 2.55. The number of hydrogen-bond acceptors (Lipinski definition) is 25. The summed E-state index contributed by atoms with van der Waals surface area (Å²) in [5, 5.41) is 7.46. The molecule has 8 saturated heterocycles. The van der Waals surface area contributed by atoms with Crippen LogP contribution in [0.5, 0.6) is 0 Å². The quantitative estimate of drug-likeness (QED) is 0.0190. The Balaban J connectivity index is 0.000000164. The third kappa shape index (κ3) is 26.6. The van der Waals surface area contributed by atoms with Gasteiger partial charge in [0.05, 0.1) is 18.7 Å². The number of carbonyl (C=O) groups excluding carboxylic acids is 9. The van der Waals surface area contributed by atoms with Crippen LogP contribution in [-0.4, -0.2) is 233 Å². The zero-order chi connectivity index (χ0) is 101. The minimum absolute atomic E-state index is 0.0000743. The zero-order valence-electron chi connectivity index (χ0n) is 78.6. The smallest absolute Gasteiger partial charge is 0.337 e. The van der Waals surface area contributed by atoms with E-state index in [0.29, 0.717) is 40.7 Å². The number of rotatable bonds is 30. The highest BCUT2D eigenvalue weighted by molar-refractivity contribution is 7.98. The number of ether oxygens (including phenoxy) is 9. The number of halogens is 7. The van der Waals surface area contributed by atoms with E-state index < -0.39 is 36.6 Å². The normalized spacial score (nSPS) is 23.3. The molecule has 9 aromatic rings. The van der Waals surface area contributed by atoms with Crippen LogP contribution in [-0.2, 0) is 86.7 Å². The summed E-state index contributed by atoms with van der Waals surface area (Å²) in [6.45, 7) is 4.16. The number of esters is 1. The van der Waals surface area contributed by atoms with E-state index in [0.717, 1.165) is 74.6 Å². The Morgan fingerprint density at radius 2 is 0.626 bits per heavy atom. The summed E-state index contributed by atoms with van der Waals surface area (Å²) in [4.78, 5) is 105. The summed E-state index contributed by atoms with van der Waals surface area (Å²) >= 11 is 52.7. The molecule has 8 aliphatic rings. The second-order valence-corrected chi connectivity index (χ2v) is 40.1. The number of hydrogen-bond donors (Lipinski definition) is 1. The SMILES string of the molecule is CCCCSN1C(=O)C(OC)C1c1ccccc1Cl.CCSN1C(=O)C(OC)C1c1ccccc1Cl.COC(=O)c1ccc(C2C(OC)C(=O)N2SC)cc1.COC1C(=O)N(SC)C1c1ccc(Cl)cc1.COC1C(=O)N(SC)C1c1cccc(Cl)c1.COC1C(=O)N(SC)C1c1ccccc1Cl.COC1C(=O)N(SCc2ccccc2)C1c1ccccc1Cl.COC1C(=O)NC1c1ccccc1Cl. The van der Waals surface area contributed by atoms with Crippen molar-refractivity contribution in [3.63, 3.8) is 0 Å². The number of carbonyl (C=O) groups is 9. The molecule has 9 aromatic carbocycles. The highest BCUT2D eigenvalue weighted by Crippen LogP contribution is 2.50. The van der Waals surface area contributed by atoms with Crippen molar-refractivity contribution in [2.75, 3.05) is 101 Å². The Labute approximate surface area is 877 Å². The number of amides is 8. The fraction of sp³-hybridized carbons (Fsp3) is 0.364. The number of nitrogens with one attached hydrogen (secondary N) is 1. The molecule has 0 aromatic heterocycles. The van der Waals surface area contributed by atoms with Gasteiger partial charge in [0.15, 0.2) is 48.8 Å². The van der Waals surface area contributed by atoms with E-state index in [4.69, 9.17) is 119 Å². The molecule has 26 nitrogen and oxygen atoms in total. The molecule has 8 aliphatic heterocycles. The molecule has 16 atom stereocenters.